The van der Waals surface area contributed by atoms with Gasteiger partial charge in [0.05, 0.1) is 11.6 Å². The number of carbonyl (C=O) groups excluding carboxylic acids is 1. The molecular weight excluding hydrogens is 458 g/mol. The number of allylic oxidation sites excluding steroid dienone is 5. The zero-order valence-corrected chi connectivity index (χ0v) is 17.3. The molecule has 2 atom stereocenters. The first-order valence-corrected chi connectivity index (χ1v) is 11.7. The van der Waals surface area contributed by atoms with Gasteiger partial charge < -0.3 is 10.3 Å². The smallest absolute Gasteiger partial charge is 0.296 e. The molecule has 160 valence electrons. The normalized spacial score (nSPS) is 23.0. The minimum Gasteiger partial charge on any atom is -0.399 e. The fourth-order valence-corrected chi connectivity index (χ4v) is 4.72. The molecule has 0 bridgehead atoms. The van der Waals surface area contributed by atoms with Crippen LogP contribution in [-0.2, 0) is 25.0 Å². The lowest BCUT2D eigenvalue weighted by Crippen LogP contribution is -2.37. The Labute approximate surface area is 175 Å². The SMILES string of the molecule is Nc1ccc(N/N=C2\C(=O)C3C=CC(SO)=C[C@H]3C=C2S(=O)(=O)O)c(S(=O)(=O)O)c1. The van der Waals surface area contributed by atoms with Crippen LogP contribution in [0, 0.1) is 11.8 Å². The third-order valence-corrected chi connectivity index (χ3v) is 6.57. The highest BCUT2D eigenvalue weighted by Crippen LogP contribution is 2.35. The van der Waals surface area contributed by atoms with E-state index >= 15 is 0 Å². The Morgan fingerprint density at radius 1 is 1.10 bits per heavy atom. The van der Waals surface area contributed by atoms with E-state index in [-0.39, 0.29) is 11.4 Å². The average Bonchev–Trinajstić information content (AvgIpc) is 2.66. The van der Waals surface area contributed by atoms with Gasteiger partial charge in [-0.1, -0.05) is 18.2 Å². The van der Waals surface area contributed by atoms with Gasteiger partial charge in [0, 0.05) is 28.6 Å². The van der Waals surface area contributed by atoms with Crippen LogP contribution in [0.4, 0.5) is 11.4 Å². The van der Waals surface area contributed by atoms with Crippen molar-refractivity contribution in [1.82, 2.24) is 0 Å². The summed E-state index contributed by atoms with van der Waals surface area (Å²) in [6, 6.07) is 3.39. The average molecular weight is 474 g/mol. The summed E-state index contributed by atoms with van der Waals surface area (Å²) < 4.78 is 74.8. The molecule has 0 radical (unpaired) electrons. The van der Waals surface area contributed by atoms with Gasteiger partial charge in [0.1, 0.15) is 15.5 Å². The van der Waals surface area contributed by atoms with E-state index in [0.29, 0.717) is 16.9 Å². The molecule has 0 saturated heterocycles. The molecule has 3 rings (SSSR count). The number of fused-ring (bicyclic) bond motifs is 1. The standard InChI is InChI=1S/C16H15N3O8S3/c17-9-1-4-12(13(7-9)29(22,23)24)18-19-15-14(30(25,26)27)6-8-5-10(28-21)2-3-11(8)16(15)20/h1-8,11,18,21H,17H2,(H,22,23,24)(H,25,26,27)/b19-15-/t8-,11?/m0/s1. The van der Waals surface area contributed by atoms with Gasteiger partial charge in [-0.05, 0) is 24.3 Å². The number of hydrogen-bond acceptors (Lipinski definition) is 10. The first-order valence-electron chi connectivity index (χ1n) is 8.08. The molecule has 1 aromatic carbocycles. The Morgan fingerprint density at radius 2 is 1.80 bits per heavy atom. The lowest BCUT2D eigenvalue weighted by Gasteiger charge is -2.27. The van der Waals surface area contributed by atoms with Crippen LogP contribution >= 0.6 is 12.0 Å². The number of nitrogen functional groups attached to an aromatic ring is 1. The van der Waals surface area contributed by atoms with Gasteiger partial charge in [-0.3, -0.25) is 19.3 Å². The summed E-state index contributed by atoms with van der Waals surface area (Å²) in [6.07, 6.45) is 5.48. The van der Waals surface area contributed by atoms with Gasteiger partial charge >= 0.3 is 0 Å². The summed E-state index contributed by atoms with van der Waals surface area (Å²) in [5.74, 6) is -2.36. The number of anilines is 2. The van der Waals surface area contributed by atoms with Crippen LogP contribution in [0.1, 0.15) is 0 Å². The highest BCUT2D eigenvalue weighted by Gasteiger charge is 2.40. The van der Waals surface area contributed by atoms with Crippen molar-refractivity contribution in [3.8, 4) is 0 Å². The second kappa shape index (κ2) is 7.98. The number of nitrogens with zero attached hydrogens (tertiary/aromatic N) is 1. The lowest BCUT2D eigenvalue weighted by molar-refractivity contribution is -0.115. The van der Waals surface area contributed by atoms with E-state index in [2.05, 4.69) is 10.5 Å². The van der Waals surface area contributed by atoms with E-state index in [9.17, 15) is 30.7 Å². The molecule has 0 heterocycles. The number of nitrogens with two attached hydrogens (primary N) is 1. The van der Waals surface area contributed by atoms with E-state index < -0.39 is 53.4 Å². The minimum absolute atomic E-state index is 0.0209. The summed E-state index contributed by atoms with van der Waals surface area (Å²) in [7, 11) is -9.59. The van der Waals surface area contributed by atoms with Gasteiger partial charge in [0.25, 0.3) is 20.2 Å². The van der Waals surface area contributed by atoms with Crippen LogP contribution in [0.5, 0.6) is 0 Å². The van der Waals surface area contributed by atoms with Crippen molar-refractivity contribution in [2.75, 3.05) is 11.2 Å². The Hall–Kier alpha value is -2.49. The zero-order valence-electron chi connectivity index (χ0n) is 14.8. The molecule has 0 aliphatic heterocycles. The minimum atomic E-state index is -4.87. The number of benzene rings is 1. The molecular formula is C16H15N3O8S3. The predicted molar refractivity (Wildman–Crippen MR) is 111 cm³/mol. The Balaban J connectivity index is 2.09. The Kier molecular flexibility index (Phi) is 5.90. The van der Waals surface area contributed by atoms with Gasteiger partial charge in [-0.25, -0.2) is 0 Å². The van der Waals surface area contributed by atoms with Crippen molar-refractivity contribution in [1.29, 1.82) is 0 Å². The first kappa shape index (κ1) is 22.2. The molecule has 0 saturated carbocycles. The molecule has 2 aliphatic rings. The van der Waals surface area contributed by atoms with Crippen LogP contribution in [-0.4, -0.2) is 42.0 Å². The van der Waals surface area contributed by atoms with Gasteiger partial charge in [-0.15, -0.1) is 0 Å². The van der Waals surface area contributed by atoms with E-state index in [1.165, 1.54) is 24.3 Å². The molecule has 30 heavy (non-hydrogen) atoms. The first-order chi connectivity index (χ1) is 13.9. The highest BCUT2D eigenvalue weighted by atomic mass is 32.2. The molecule has 0 amide bonds. The molecule has 0 spiro atoms. The number of nitrogens with one attached hydrogen (secondary N) is 1. The molecule has 11 nitrogen and oxygen atoms in total. The van der Waals surface area contributed by atoms with Crippen molar-refractivity contribution in [2.24, 2.45) is 16.9 Å². The maximum Gasteiger partial charge on any atom is 0.296 e. The summed E-state index contributed by atoms with van der Waals surface area (Å²) >= 11 is 0.413. The third-order valence-electron chi connectivity index (χ3n) is 4.31. The second-order valence-corrected chi connectivity index (χ2v) is 9.73. The number of Topliss-reactive ketones (excluding diaryl/α,β-unsaturated/α-hetero) is 1. The van der Waals surface area contributed by atoms with Gasteiger partial charge in [0.2, 0.25) is 0 Å². The van der Waals surface area contributed by atoms with Crippen molar-refractivity contribution in [2.45, 2.75) is 4.90 Å². The van der Waals surface area contributed by atoms with E-state index in [1.807, 2.05) is 0 Å². The van der Waals surface area contributed by atoms with Crippen molar-refractivity contribution in [3.63, 3.8) is 0 Å². The molecule has 1 unspecified atom stereocenters. The highest BCUT2D eigenvalue weighted by molar-refractivity contribution is 7.97. The van der Waals surface area contributed by atoms with Crippen LogP contribution in [0.3, 0.4) is 0 Å². The summed E-state index contributed by atoms with van der Waals surface area (Å²) in [6.45, 7) is 0. The largest absolute Gasteiger partial charge is 0.399 e. The van der Waals surface area contributed by atoms with Gasteiger partial charge in [-0.2, -0.15) is 21.9 Å². The lowest BCUT2D eigenvalue weighted by atomic mass is 9.79. The van der Waals surface area contributed by atoms with Crippen molar-refractivity contribution >= 4 is 55.1 Å². The van der Waals surface area contributed by atoms with Crippen molar-refractivity contribution in [3.05, 3.63) is 52.3 Å². The van der Waals surface area contributed by atoms with Crippen LogP contribution < -0.4 is 11.2 Å². The number of rotatable bonds is 5. The van der Waals surface area contributed by atoms with Gasteiger partial charge in [0.15, 0.2) is 5.78 Å². The molecule has 0 fully saturated rings. The van der Waals surface area contributed by atoms with Crippen LogP contribution in [0.2, 0.25) is 0 Å². The Morgan fingerprint density at radius 3 is 2.40 bits per heavy atom. The fraction of sp³-hybridized carbons (Fsp3) is 0.125. The molecule has 6 N–H and O–H groups in total. The molecule has 0 aromatic heterocycles. The van der Waals surface area contributed by atoms with E-state index in [4.69, 9.17) is 10.3 Å². The Bertz CT molecular complexity index is 1250. The van der Waals surface area contributed by atoms with Crippen LogP contribution in [0.25, 0.3) is 0 Å². The monoisotopic (exact) mass is 473 g/mol. The van der Waals surface area contributed by atoms with Crippen LogP contribution in [0.15, 0.2) is 62.3 Å². The molecule has 1 aromatic rings. The summed E-state index contributed by atoms with van der Waals surface area (Å²) in [5.41, 5.74) is 6.84. The fourth-order valence-electron chi connectivity index (χ4n) is 2.96. The maximum absolute atomic E-state index is 12.8. The second-order valence-electron chi connectivity index (χ2n) is 6.30. The summed E-state index contributed by atoms with van der Waals surface area (Å²) in [4.78, 5) is 11.8. The molecule has 2 aliphatic carbocycles. The topological polar surface area (TPSA) is 196 Å². The number of ketones is 1. The quantitative estimate of drug-likeness (QED) is 0.180. The summed E-state index contributed by atoms with van der Waals surface area (Å²) in [5, 5.41) is 3.70. The number of hydrazone groups is 1. The zero-order chi connectivity index (χ0) is 22.3. The van der Waals surface area contributed by atoms with E-state index in [1.54, 1.807) is 0 Å². The maximum atomic E-state index is 12.8. The predicted octanol–water partition coefficient (Wildman–Crippen LogP) is 1.53. The van der Waals surface area contributed by atoms with Crippen molar-refractivity contribution < 1.29 is 35.3 Å². The molecule has 14 heteroatoms. The number of hydrogen-bond donors (Lipinski definition) is 5. The van der Waals surface area contributed by atoms with E-state index in [0.717, 1.165) is 18.2 Å². The third kappa shape index (κ3) is 4.48. The number of carbonyl (C=O) groups is 1.